The maximum absolute atomic E-state index is 11.9. The average molecular weight is 269 g/mol. The number of morpholine rings is 1. The molecule has 0 radical (unpaired) electrons. The van der Waals surface area contributed by atoms with E-state index in [1.807, 2.05) is 4.90 Å². The largest absolute Gasteiger partial charge is 0.378 e. The highest BCUT2D eigenvalue weighted by Gasteiger charge is 2.15. The van der Waals surface area contributed by atoms with Crippen LogP contribution in [0.1, 0.15) is 71.1 Å². The highest BCUT2D eigenvalue weighted by atomic mass is 16.5. The van der Waals surface area contributed by atoms with Crippen LogP contribution in [0.5, 0.6) is 0 Å². The van der Waals surface area contributed by atoms with Crippen molar-refractivity contribution in [2.45, 2.75) is 71.1 Å². The lowest BCUT2D eigenvalue weighted by Crippen LogP contribution is -2.40. The average Bonchev–Trinajstić information content (AvgIpc) is 2.46. The van der Waals surface area contributed by atoms with Crippen molar-refractivity contribution in [2.24, 2.45) is 0 Å². The summed E-state index contributed by atoms with van der Waals surface area (Å²) < 4.78 is 5.25. The van der Waals surface area contributed by atoms with Gasteiger partial charge in [0.2, 0.25) is 5.91 Å². The third-order valence-corrected chi connectivity index (χ3v) is 3.86. The molecule has 1 amide bonds. The summed E-state index contributed by atoms with van der Waals surface area (Å²) >= 11 is 0. The van der Waals surface area contributed by atoms with Crippen molar-refractivity contribution in [1.29, 1.82) is 0 Å². The van der Waals surface area contributed by atoms with Crippen molar-refractivity contribution in [3.63, 3.8) is 0 Å². The molecule has 0 aromatic rings. The molecule has 0 spiro atoms. The number of rotatable bonds is 10. The maximum atomic E-state index is 11.9. The Hall–Kier alpha value is -0.570. The van der Waals surface area contributed by atoms with Crippen LogP contribution in [0.2, 0.25) is 0 Å². The number of carbonyl (C=O) groups is 1. The lowest BCUT2D eigenvalue weighted by molar-refractivity contribution is -0.135. The fraction of sp³-hybridized carbons (Fsp3) is 0.938. The van der Waals surface area contributed by atoms with Gasteiger partial charge in [-0.3, -0.25) is 4.79 Å². The summed E-state index contributed by atoms with van der Waals surface area (Å²) in [7, 11) is 0. The van der Waals surface area contributed by atoms with E-state index in [0.29, 0.717) is 19.1 Å². The molecule has 0 unspecified atom stereocenters. The quantitative estimate of drug-likeness (QED) is 0.565. The first-order chi connectivity index (χ1) is 9.34. The highest BCUT2D eigenvalue weighted by Crippen LogP contribution is 2.11. The van der Waals surface area contributed by atoms with E-state index in [2.05, 4.69) is 6.92 Å². The second-order valence-electron chi connectivity index (χ2n) is 5.57. The van der Waals surface area contributed by atoms with Crippen molar-refractivity contribution >= 4 is 5.91 Å². The first kappa shape index (κ1) is 16.5. The Kier molecular flexibility index (Phi) is 9.78. The minimum Gasteiger partial charge on any atom is -0.378 e. The van der Waals surface area contributed by atoms with Crippen LogP contribution in [0, 0.1) is 0 Å². The standard InChI is InChI=1S/C16H31NO2/c1-2-3-4-5-6-7-8-9-10-11-16(18)17-12-14-19-15-13-17/h2-15H2,1H3. The van der Waals surface area contributed by atoms with Crippen LogP contribution in [0.3, 0.4) is 0 Å². The van der Waals surface area contributed by atoms with Crippen LogP contribution in [0.15, 0.2) is 0 Å². The fourth-order valence-electron chi connectivity index (χ4n) is 2.56. The molecular weight excluding hydrogens is 238 g/mol. The molecule has 1 heterocycles. The van der Waals surface area contributed by atoms with E-state index >= 15 is 0 Å². The van der Waals surface area contributed by atoms with Gasteiger partial charge in [-0.1, -0.05) is 58.3 Å². The summed E-state index contributed by atoms with van der Waals surface area (Å²) in [4.78, 5) is 13.8. The van der Waals surface area contributed by atoms with Gasteiger partial charge in [0.05, 0.1) is 13.2 Å². The lowest BCUT2D eigenvalue weighted by atomic mass is 10.1. The van der Waals surface area contributed by atoms with Gasteiger partial charge in [0.15, 0.2) is 0 Å². The normalized spacial score (nSPS) is 15.7. The van der Waals surface area contributed by atoms with E-state index in [1.165, 1.54) is 51.4 Å². The first-order valence-corrected chi connectivity index (χ1v) is 8.20. The third-order valence-electron chi connectivity index (χ3n) is 3.86. The Morgan fingerprint density at radius 1 is 0.895 bits per heavy atom. The second-order valence-corrected chi connectivity index (χ2v) is 5.57. The molecule has 112 valence electrons. The third kappa shape index (κ3) is 8.25. The van der Waals surface area contributed by atoms with Crippen LogP contribution in [0.25, 0.3) is 0 Å². The summed E-state index contributed by atoms with van der Waals surface area (Å²) in [5, 5.41) is 0. The van der Waals surface area contributed by atoms with E-state index in [9.17, 15) is 4.79 Å². The number of hydrogen-bond acceptors (Lipinski definition) is 2. The first-order valence-electron chi connectivity index (χ1n) is 8.20. The molecule has 1 fully saturated rings. The number of nitrogens with zero attached hydrogens (tertiary/aromatic N) is 1. The van der Waals surface area contributed by atoms with Gasteiger partial charge in [0, 0.05) is 19.5 Å². The van der Waals surface area contributed by atoms with E-state index in [4.69, 9.17) is 4.74 Å². The SMILES string of the molecule is CCCCCCCCCCCC(=O)N1CCOCC1. The van der Waals surface area contributed by atoms with E-state index in [0.717, 1.165) is 25.9 Å². The molecule has 0 bridgehead atoms. The van der Waals surface area contributed by atoms with Crippen LogP contribution < -0.4 is 0 Å². The van der Waals surface area contributed by atoms with Gasteiger partial charge in [-0.25, -0.2) is 0 Å². The Morgan fingerprint density at radius 2 is 1.42 bits per heavy atom. The zero-order valence-electron chi connectivity index (χ0n) is 12.7. The molecule has 19 heavy (non-hydrogen) atoms. The molecule has 0 N–H and O–H groups in total. The fourth-order valence-corrected chi connectivity index (χ4v) is 2.56. The molecule has 1 aliphatic rings. The van der Waals surface area contributed by atoms with Gasteiger partial charge in [-0.05, 0) is 6.42 Å². The summed E-state index contributed by atoms with van der Waals surface area (Å²) in [6.45, 7) is 5.25. The summed E-state index contributed by atoms with van der Waals surface area (Å²) in [5.74, 6) is 0.325. The minimum atomic E-state index is 0.325. The van der Waals surface area contributed by atoms with Crippen LogP contribution in [-0.4, -0.2) is 37.1 Å². The maximum Gasteiger partial charge on any atom is 0.222 e. The summed E-state index contributed by atoms with van der Waals surface area (Å²) in [5.41, 5.74) is 0. The van der Waals surface area contributed by atoms with Crippen LogP contribution in [-0.2, 0) is 9.53 Å². The molecule has 1 aliphatic heterocycles. The number of hydrogen-bond donors (Lipinski definition) is 0. The van der Waals surface area contributed by atoms with Crippen molar-refractivity contribution in [2.75, 3.05) is 26.3 Å². The predicted octanol–water partition coefficient (Wildman–Crippen LogP) is 3.77. The van der Waals surface area contributed by atoms with Gasteiger partial charge in [0.1, 0.15) is 0 Å². The van der Waals surface area contributed by atoms with Gasteiger partial charge >= 0.3 is 0 Å². The van der Waals surface area contributed by atoms with E-state index in [1.54, 1.807) is 0 Å². The second kappa shape index (κ2) is 11.3. The molecule has 0 aromatic heterocycles. The van der Waals surface area contributed by atoms with E-state index < -0.39 is 0 Å². The smallest absolute Gasteiger partial charge is 0.222 e. The zero-order valence-corrected chi connectivity index (χ0v) is 12.7. The Morgan fingerprint density at radius 3 is 2.00 bits per heavy atom. The van der Waals surface area contributed by atoms with Gasteiger partial charge in [0.25, 0.3) is 0 Å². The molecule has 0 saturated carbocycles. The van der Waals surface area contributed by atoms with E-state index in [-0.39, 0.29) is 0 Å². The predicted molar refractivity (Wildman–Crippen MR) is 79.2 cm³/mol. The van der Waals surface area contributed by atoms with Gasteiger partial charge in [-0.2, -0.15) is 0 Å². The summed E-state index contributed by atoms with van der Waals surface area (Å²) in [6, 6.07) is 0. The number of ether oxygens (including phenoxy) is 1. The Balaban J connectivity index is 1.86. The molecule has 1 rings (SSSR count). The minimum absolute atomic E-state index is 0.325. The Labute approximate surface area is 118 Å². The van der Waals surface area contributed by atoms with Gasteiger partial charge in [-0.15, -0.1) is 0 Å². The van der Waals surface area contributed by atoms with Crippen molar-refractivity contribution < 1.29 is 9.53 Å². The molecule has 3 heteroatoms. The lowest BCUT2D eigenvalue weighted by Gasteiger charge is -2.26. The van der Waals surface area contributed by atoms with Crippen molar-refractivity contribution in [3.8, 4) is 0 Å². The zero-order chi connectivity index (χ0) is 13.8. The molecule has 0 atom stereocenters. The summed E-state index contributed by atoms with van der Waals surface area (Å²) in [6.07, 6.45) is 12.5. The molecule has 0 aliphatic carbocycles. The number of unbranched alkanes of at least 4 members (excludes halogenated alkanes) is 8. The Bertz CT molecular complexity index is 225. The highest BCUT2D eigenvalue weighted by molar-refractivity contribution is 5.76. The van der Waals surface area contributed by atoms with Crippen LogP contribution >= 0.6 is 0 Å². The van der Waals surface area contributed by atoms with Crippen LogP contribution in [0.4, 0.5) is 0 Å². The molecule has 0 aromatic carbocycles. The van der Waals surface area contributed by atoms with Gasteiger partial charge < -0.3 is 9.64 Å². The van der Waals surface area contributed by atoms with Crippen molar-refractivity contribution in [1.82, 2.24) is 4.90 Å². The van der Waals surface area contributed by atoms with Crippen molar-refractivity contribution in [3.05, 3.63) is 0 Å². The molecule has 1 saturated heterocycles. The topological polar surface area (TPSA) is 29.5 Å². The molecular formula is C16H31NO2. The number of carbonyl (C=O) groups excluding carboxylic acids is 1. The number of amides is 1. The monoisotopic (exact) mass is 269 g/mol. The molecule has 3 nitrogen and oxygen atoms in total.